The van der Waals surface area contributed by atoms with Crippen molar-refractivity contribution in [1.29, 1.82) is 0 Å². The van der Waals surface area contributed by atoms with Crippen molar-refractivity contribution < 1.29 is 0 Å². The summed E-state index contributed by atoms with van der Waals surface area (Å²) in [7, 11) is 0. The molecule has 0 spiro atoms. The fourth-order valence-corrected chi connectivity index (χ4v) is 8.99. The van der Waals surface area contributed by atoms with Crippen molar-refractivity contribution in [1.82, 2.24) is 0 Å². The minimum Gasteiger partial charge on any atom is -0.311 e. The molecule has 0 fully saturated rings. The van der Waals surface area contributed by atoms with Gasteiger partial charge < -0.3 is 9.80 Å². The smallest absolute Gasteiger partial charge is 0.0474 e. The second-order valence-electron chi connectivity index (χ2n) is 16.5. The van der Waals surface area contributed by atoms with E-state index in [-0.39, 0.29) is 0 Å². The van der Waals surface area contributed by atoms with E-state index >= 15 is 0 Å². The average molecular weight is 905 g/mol. The fourth-order valence-electron chi connectivity index (χ4n) is 8.99. The molecule has 0 atom stereocenters. The molecule has 9 aromatic rings. The molecular formula is C68H60N2. The number of nitrogens with zero attached hydrogens (tertiary/aromatic N) is 2. The normalized spacial score (nSPS) is 11.2. The van der Waals surface area contributed by atoms with Gasteiger partial charge in [0.1, 0.15) is 0 Å². The van der Waals surface area contributed by atoms with Crippen LogP contribution in [0.5, 0.6) is 0 Å². The summed E-state index contributed by atoms with van der Waals surface area (Å²) < 4.78 is 0. The Morgan fingerprint density at radius 3 is 1.13 bits per heavy atom. The number of hydrogen-bond acceptors (Lipinski definition) is 2. The number of rotatable bonds is 16. The van der Waals surface area contributed by atoms with Gasteiger partial charge in [-0.1, -0.05) is 229 Å². The molecule has 70 heavy (non-hydrogen) atoms. The highest BCUT2D eigenvalue weighted by atomic mass is 15.1. The van der Waals surface area contributed by atoms with Gasteiger partial charge in [-0.2, -0.15) is 0 Å². The maximum atomic E-state index is 4.08. The molecule has 0 unspecified atom stereocenters. The molecule has 9 aromatic carbocycles. The second-order valence-corrected chi connectivity index (χ2v) is 16.5. The van der Waals surface area contributed by atoms with Crippen LogP contribution in [-0.2, 0) is 0 Å². The van der Waals surface area contributed by atoms with Crippen LogP contribution in [0.2, 0.25) is 0 Å². The summed E-state index contributed by atoms with van der Waals surface area (Å²) in [4.78, 5) is 4.69. The van der Waals surface area contributed by atoms with E-state index in [0.717, 1.165) is 102 Å². The van der Waals surface area contributed by atoms with E-state index in [1.165, 1.54) is 5.56 Å². The Kier molecular flexibility index (Phi) is 15.9. The van der Waals surface area contributed by atoms with Gasteiger partial charge in [-0.15, -0.1) is 0 Å². The van der Waals surface area contributed by atoms with E-state index in [2.05, 4.69) is 273 Å². The third-order valence-electron chi connectivity index (χ3n) is 12.3. The Morgan fingerprint density at radius 1 is 0.371 bits per heavy atom. The number of para-hydroxylation sites is 1. The summed E-state index contributed by atoms with van der Waals surface area (Å²) in [6, 6.07) is 82.9. The Labute approximate surface area is 416 Å². The van der Waals surface area contributed by atoms with Crippen LogP contribution in [0.3, 0.4) is 0 Å². The maximum Gasteiger partial charge on any atom is 0.0474 e. The van der Waals surface area contributed by atoms with E-state index in [4.69, 9.17) is 0 Å². The predicted octanol–water partition coefficient (Wildman–Crippen LogP) is 20.1. The van der Waals surface area contributed by atoms with Crippen LogP contribution in [0.25, 0.3) is 55.7 Å². The lowest BCUT2D eigenvalue weighted by Crippen LogP contribution is -2.11. The molecule has 0 amide bonds. The Hall–Kier alpha value is -8.72. The zero-order valence-electron chi connectivity index (χ0n) is 40.5. The van der Waals surface area contributed by atoms with Crippen LogP contribution in [0, 0.1) is 0 Å². The van der Waals surface area contributed by atoms with Crippen LogP contribution >= 0.6 is 0 Å². The van der Waals surface area contributed by atoms with E-state index < -0.39 is 0 Å². The summed E-state index contributed by atoms with van der Waals surface area (Å²) in [6.07, 6.45) is 10.8. The molecule has 9 rings (SSSR count). The van der Waals surface area contributed by atoms with Crippen LogP contribution in [0.15, 0.2) is 281 Å². The minimum absolute atomic E-state index is 0.952. The molecule has 0 aliphatic rings. The van der Waals surface area contributed by atoms with Gasteiger partial charge >= 0.3 is 0 Å². The zero-order valence-corrected chi connectivity index (χ0v) is 40.5. The minimum atomic E-state index is 0.952. The molecule has 0 aliphatic heterocycles. The first-order valence-corrected chi connectivity index (χ1v) is 24.3. The van der Waals surface area contributed by atoms with E-state index in [9.17, 15) is 0 Å². The second kappa shape index (κ2) is 23.3. The Bertz CT molecular complexity index is 3120. The van der Waals surface area contributed by atoms with Gasteiger partial charge in [-0.3, -0.25) is 0 Å². The molecule has 2 nitrogen and oxygen atoms in total. The maximum absolute atomic E-state index is 4.08. The third kappa shape index (κ3) is 10.7. The van der Waals surface area contributed by atoms with Crippen LogP contribution in [0.1, 0.15) is 38.3 Å². The highest BCUT2D eigenvalue weighted by Crippen LogP contribution is 2.47. The number of benzene rings is 9. The lowest BCUT2D eigenvalue weighted by Gasteiger charge is -2.29. The molecule has 2 heteroatoms. The third-order valence-corrected chi connectivity index (χ3v) is 12.3. The van der Waals surface area contributed by atoms with Crippen molar-refractivity contribution in [2.45, 2.75) is 27.2 Å². The highest BCUT2D eigenvalue weighted by molar-refractivity contribution is 5.99. The van der Waals surface area contributed by atoms with Crippen molar-refractivity contribution >= 4 is 45.3 Å². The average Bonchev–Trinajstić information content (AvgIpc) is 3.44. The van der Waals surface area contributed by atoms with Crippen molar-refractivity contribution in [3.63, 3.8) is 0 Å². The van der Waals surface area contributed by atoms with E-state index in [1.54, 1.807) is 6.08 Å². The van der Waals surface area contributed by atoms with Crippen LogP contribution < -0.4 is 9.80 Å². The Morgan fingerprint density at radius 2 is 0.714 bits per heavy atom. The van der Waals surface area contributed by atoms with Gasteiger partial charge in [0.15, 0.2) is 0 Å². The van der Waals surface area contributed by atoms with Gasteiger partial charge in [-0.05, 0) is 146 Å². The molecule has 0 aromatic heterocycles. The lowest BCUT2D eigenvalue weighted by molar-refractivity contribution is 1.23. The molecule has 0 N–H and O–H groups in total. The summed E-state index contributed by atoms with van der Waals surface area (Å²) >= 11 is 0. The monoisotopic (exact) mass is 904 g/mol. The largest absolute Gasteiger partial charge is 0.311 e. The predicted molar refractivity (Wildman–Crippen MR) is 306 cm³/mol. The zero-order chi connectivity index (χ0) is 48.7. The van der Waals surface area contributed by atoms with Gasteiger partial charge in [0, 0.05) is 34.1 Å². The highest BCUT2D eigenvalue weighted by Gasteiger charge is 2.22. The molecule has 0 saturated carbocycles. The fraction of sp³-hybridized carbons (Fsp3) is 0.0588. The first-order chi connectivity index (χ1) is 34.6. The number of allylic oxidation sites excluding steroid dienone is 7. The molecule has 0 saturated heterocycles. The van der Waals surface area contributed by atoms with Crippen molar-refractivity contribution in [3.05, 3.63) is 292 Å². The van der Waals surface area contributed by atoms with Gasteiger partial charge in [0.05, 0.1) is 0 Å². The topological polar surface area (TPSA) is 6.48 Å². The van der Waals surface area contributed by atoms with Gasteiger partial charge in [0.25, 0.3) is 0 Å². The Balaban J connectivity index is 0.00000325. The summed E-state index contributed by atoms with van der Waals surface area (Å²) in [5.74, 6) is 0. The van der Waals surface area contributed by atoms with Crippen molar-refractivity contribution in [3.8, 4) is 44.5 Å². The van der Waals surface area contributed by atoms with Crippen LogP contribution in [-0.4, -0.2) is 0 Å². The first-order valence-electron chi connectivity index (χ1n) is 24.3. The lowest BCUT2D eigenvalue weighted by atomic mass is 9.86. The van der Waals surface area contributed by atoms with E-state index in [1.807, 2.05) is 32.1 Å². The van der Waals surface area contributed by atoms with Crippen molar-refractivity contribution in [2.24, 2.45) is 0 Å². The van der Waals surface area contributed by atoms with Gasteiger partial charge in [0.2, 0.25) is 0 Å². The number of hydrogen-bond donors (Lipinski definition) is 0. The van der Waals surface area contributed by atoms with Crippen LogP contribution in [0.4, 0.5) is 34.1 Å². The molecular weight excluding hydrogens is 845 g/mol. The molecule has 0 radical (unpaired) electrons. The quantitative estimate of drug-likeness (QED) is 0.0892. The standard InChI is InChI=1S/C66H54N2.C2H6/c1-5-21-49(7-3)52-31-39-59(40-32-52)67(58-29-19-12-20-30-58)60-45-37-57(38-46-60)66-64(55-25-15-10-16-26-55)47-63(48-65(66)56-27-17-11-18-28-56)68(61-41-33-53(34-42-61)50(8-4)22-6-2)62-43-35-54(36-44-62)51-23-13-9-14-24-51;1-2/h6-48H,2-5H2,1H3;1-2H3/b49-21+,50-22+;. The summed E-state index contributed by atoms with van der Waals surface area (Å²) in [6.45, 7) is 18.2. The number of anilines is 6. The first kappa shape index (κ1) is 47.8. The summed E-state index contributed by atoms with van der Waals surface area (Å²) in [5, 5.41) is 0. The van der Waals surface area contributed by atoms with Crippen molar-refractivity contribution in [2.75, 3.05) is 9.80 Å². The molecule has 0 aliphatic carbocycles. The summed E-state index contributed by atoms with van der Waals surface area (Å²) in [5.41, 5.74) is 19.9. The SMILES string of the molecule is C=C/C=C(\C=C)c1ccc(N(c2ccc(-c3ccccc3)cc2)c2cc(-c3ccccc3)c(-c3ccc(N(c4ccccc4)c4ccc(/C(C=C)=C/CC)cc4)cc3)c(-c3ccccc3)c2)cc1.CC. The van der Waals surface area contributed by atoms with Gasteiger partial charge in [-0.25, -0.2) is 0 Å². The molecule has 0 bridgehead atoms. The van der Waals surface area contributed by atoms with E-state index in [0.29, 0.717) is 0 Å². The molecule has 342 valence electrons. The molecule has 0 heterocycles.